The SMILES string of the molecule is CCN(CC(=O)NC(C)C)CC(=O)NC(c1ccc(F)cc1)c1nccn1C. The van der Waals surface area contributed by atoms with Crippen LogP contribution in [0.5, 0.6) is 0 Å². The molecule has 0 saturated heterocycles. The molecule has 2 aromatic rings. The molecular formula is C20H28FN5O2. The van der Waals surface area contributed by atoms with Gasteiger partial charge in [-0.25, -0.2) is 9.37 Å². The number of aromatic nitrogens is 2. The number of aryl methyl sites for hydroxylation is 1. The molecule has 0 saturated carbocycles. The minimum absolute atomic E-state index is 0.0475. The van der Waals surface area contributed by atoms with Crippen LogP contribution < -0.4 is 10.6 Å². The third-order valence-corrected chi connectivity index (χ3v) is 4.26. The summed E-state index contributed by atoms with van der Waals surface area (Å²) in [5.41, 5.74) is 0.727. The molecule has 0 spiro atoms. The maximum Gasteiger partial charge on any atom is 0.235 e. The molecule has 0 aliphatic heterocycles. The topological polar surface area (TPSA) is 79.3 Å². The van der Waals surface area contributed by atoms with Crippen molar-refractivity contribution in [3.63, 3.8) is 0 Å². The van der Waals surface area contributed by atoms with Gasteiger partial charge in [0.15, 0.2) is 0 Å². The molecule has 1 aromatic carbocycles. The first-order valence-electron chi connectivity index (χ1n) is 9.34. The second kappa shape index (κ2) is 9.98. The van der Waals surface area contributed by atoms with Gasteiger partial charge in [-0.15, -0.1) is 0 Å². The molecule has 1 atom stereocenters. The number of hydrogen-bond donors (Lipinski definition) is 2. The van der Waals surface area contributed by atoms with Crippen molar-refractivity contribution in [1.82, 2.24) is 25.1 Å². The Morgan fingerprint density at radius 2 is 1.75 bits per heavy atom. The van der Waals surface area contributed by atoms with E-state index < -0.39 is 6.04 Å². The minimum atomic E-state index is -0.517. The van der Waals surface area contributed by atoms with Gasteiger partial charge in [-0.3, -0.25) is 14.5 Å². The highest BCUT2D eigenvalue weighted by molar-refractivity contribution is 5.81. The molecular weight excluding hydrogens is 361 g/mol. The van der Waals surface area contributed by atoms with Gasteiger partial charge in [-0.1, -0.05) is 19.1 Å². The van der Waals surface area contributed by atoms with E-state index in [0.29, 0.717) is 12.4 Å². The zero-order chi connectivity index (χ0) is 20.7. The first-order chi connectivity index (χ1) is 13.3. The lowest BCUT2D eigenvalue weighted by atomic mass is 10.1. The van der Waals surface area contributed by atoms with Crippen LogP contribution >= 0.6 is 0 Å². The lowest BCUT2D eigenvalue weighted by Gasteiger charge is -2.23. The van der Waals surface area contributed by atoms with Crippen molar-refractivity contribution >= 4 is 11.8 Å². The molecule has 1 heterocycles. The van der Waals surface area contributed by atoms with Crippen molar-refractivity contribution in [3.8, 4) is 0 Å². The number of carbonyl (C=O) groups is 2. The van der Waals surface area contributed by atoms with Crippen LogP contribution in [0.2, 0.25) is 0 Å². The molecule has 0 radical (unpaired) electrons. The maximum atomic E-state index is 13.3. The number of imidazole rings is 1. The van der Waals surface area contributed by atoms with Crippen LogP contribution in [0.25, 0.3) is 0 Å². The number of nitrogens with one attached hydrogen (secondary N) is 2. The summed E-state index contributed by atoms with van der Waals surface area (Å²) in [7, 11) is 1.83. The summed E-state index contributed by atoms with van der Waals surface area (Å²) in [6.07, 6.45) is 3.43. The fourth-order valence-electron chi connectivity index (χ4n) is 2.87. The maximum absolute atomic E-state index is 13.3. The summed E-state index contributed by atoms with van der Waals surface area (Å²) in [4.78, 5) is 30.7. The van der Waals surface area contributed by atoms with Gasteiger partial charge in [-0.2, -0.15) is 0 Å². The van der Waals surface area contributed by atoms with Crippen LogP contribution in [0.1, 0.15) is 38.2 Å². The zero-order valence-corrected chi connectivity index (χ0v) is 16.8. The average molecular weight is 389 g/mol. The summed E-state index contributed by atoms with van der Waals surface area (Å²) >= 11 is 0. The van der Waals surface area contributed by atoms with Crippen LogP contribution in [0.15, 0.2) is 36.7 Å². The first-order valence-corrected chi connectivity index (χ1v) is 9.34. The van der Waals surface area contributed by atoms with E-state index in [4.69, 9.17) is 0 Å². The zero-order valence-electron chi connectivity index (χ0n) is 16.8. The van der Waals surface area contributed by atoms with E-state index in [1.54, 1.807) is 29.4 Å². The molecule has 0 aliphatic carbocycles. The standard InChI is InChI=1S/C20H28FN5O2/c1-5-26(12-17(27)23-14(2)3)13-18(28)24-19(20-22-10-11-25(20)4)15-6-8-16(21)9-7-15/h6-11,14,19H,5,12-13H2,1-4H3,(H,23,27)(H,24,28). The number of carbonyl (C=O) groups excluding carboxylic acids is 2. The summed E-state index contributed by atoms with van der Waals surface area (Å²) < 4.78 is 15.1. The number of rotatable bonds is 9. The van der Waals surface area contributed by atoms with E-state index in [-0.39, 0.29) is 36.8 Å². The molecule has 2 amide bonds. The quantitative estimate of drug-likeness (QED) is 0.683. The number of benzene rings is 1. The Labute approximate surface area is 164 Å². The normalized spacial score (nSPS) is 12.2. The highest BCUT2D eigenvalue weighted by Crippen LogP contribution is 2.20. The predicted molar refractivity (Wildman–Crippen MR) is 105 cm³/mol. The average Bonchev–Trinajstić information content (AvgIpc) is 3.05. The van der Waals surface area contributed by atoms with Gasteiger partial charge < -0.3 is 15.2 Å². The molecule has 2 N–H and O–H groups in total. The fraction of sp³-hybridized carbons (Fsp3) is 0.450. The van der Waals surface area contributed by atoms with E-state index in [1.165, 1.54) is 12.1 Å². The van der Waals surface area contributed by atoms with Gasteiger partial charge in [0.2, 0.25) is 11.8 Å². The van der Waals surface area contributed by atoms with Crippen molar-refractivity contribution in [1.29, 1.82) is 0 Å². The molecule has 0 aliphatic rings. The Hall–Kier alpha value is -2.74. The summed E-state index contributed by atoms with van der Waals surface area (Å²) in [5.74, 6) is -0.0668. The molecule has 8 heteroatoms. The molecule has 7 nitrogen and oxygen atoms in total. The van der Waals surface area contributed by atoms with Crippen LogP contribution in [-0.2, 0) is 16.6 Å². The second-order valence-corrected chi connectivity index (χ2v) is 6.97. The largest absolute Gasteiger partial charge is 0.353 e. The third kappa shape index (κ3) is 6.16. The predicted octanol–water partition coefficient (Wildman–Crippen LogP) is 1.61. The number of hydrogen-bond acceptors (Lipinski definition) is 4. The van der Waals surface area contributed by atoms with E-state index in [2.05, 4.69) is 15.6 Å². The van der Waals surface area contributed by atoms with Gasteiger partial charge in [0, 0.05) is 25.5 Å². The highest BCUT2D eigenvalue weighted by atomic mass is 19.1. The van der Waals surface area contributed by atoms with Gasteiger partial charge in [0.25, 0.3) is 0 Å². The highest BCUT2D eigenvalue weighted by Gasteiger charge is 2.22. The van der Waals surface area contributed by atoms with Crippen molar-refractivity contribution in [3.05, 3.63) is 53.9 Å². The first kappa shape index (κ1) is 21.6. The molecule has 2 rings (SSSR count). The Morgan fingerprint density at radius 3 is 2.25 bits per heavy atom. The molecule has 152 valence electrons. The minimum Gasteiger partial charge on any atom is -0.353 e. The smallest absolute Gasteiger partial charge is 0.235 e. The molecule has 0 fully saturated rings. The fourth-order valence-corrected chi connectivity index (χ4v) is 2.87. The van der Waals surface area contributed by atoms with Gasteiger partial charge in [0.05, 0.1) is 13.1 Å². The molecule has 28 heavy (non-hydrogen) atoms. The van der Waals surface area contributed by atoms with Crippen LogP contribution in [0.3, 0.4) is 0 Å². The lowest BCUT2D eigenvalue weighted by Crippen LogP contribution is -2.45. The Bertz CT molecular complexity index is 788. The summed E-state index contributed by atoms with van der Waals surface area (Å²) in [5, 5.41) is 5.78. The molecule has 0 bridgehead atoms. The van der Waals surface area contributed by atoms with Crippen molar-refractivity contribution in [2.45, 2.75) is 32.9 Å². The summed E-state index contributed by atoms with van der Waals surface area (Å²) in [6.45, 7) is 6.45. The number of nitrogens with zero attached hydrogens (tertiary/aromatic N) is 3. The van der Waals surface area contributed by atoms with Crippen molar-refractivity contribution in [2.24, 2.45) is 7.05 Å². The number of halogens is 1. The second-order valence-electron chi connectivity index (χ2n) is 6.97. The van der Waals surface area contributed by atoms with Gasteiger partial charge in [-0.05, 0) is 38.1 Å². The number of amides is 2. The number of likely N-dealkylation sites (N-methyl/N-ethyl adjacent to an activating group) is 1. The molecule has 1 aromatic heterocycles. The monoisotopic (exact) mass is 389 g/mol. The summed E-state index contributed by atoms with van der Waals surface area (Å²) in [6, 6.07) is 5.49. The van der Waals surface area contributed by atoms with E-state index in [1.807, 2.05) is 32.4 Å². The Kier molecular flexibility index (Phi) is 7.69. The molecule has 1 unspecified atom stereocenters. The Morgan fingerprint density at radius 1 is 1.14 bits per heavy atom. The van der Waals surface area contributed by atoms with E-state index in [0.717, 1.165) is 5.56 Å². The lowest BCUT2D eigenvalue weighted by molar-refractivity contribution is -0.125. The van der Waals surface area contributed by atoms with Gasteiger partial charge in [0.1, 0.15) is 17.7 Å². The third-order valence-electron chi connectivity index (χ3n) is 4.26. The Balaban J connectivity index is 2.10. The van der Waals surface area contributed by atoms with Gasteiger partial charge >= 0.3 is 0 Å². The van der Waals surface area contributed by atoms with Crippen LogP contribution in [0.4, 0.5) is 4.39 Å². The van der Waals surface area contributed by atoms with Crippen molar-refractivity contribution in [2.75, 3.05) is 19.6 Å². The van der Waals surface area contributed by atoms with Crippen molar-refractivity contribution < 1.29 is 14.0 Å². The van der Waals surface area contributed by atoms with Crippen LogP contribution in [0, 0.1) is 5.82 Å². The van der Waals surface area contributed by atoms with E-state index >= 15 is 0 Å². The van der Waals surface area contributed by atoms with E-state index in [9.17, 15) is 14.0 Å². The van der Waals surface area contributed by atoms with Crippen LogP contribution in [-0.4, -0.2) is 51.9 Å².